The molecule has 0 spiro atoms. The van der Waals surface area contributed by atoms with Crippen molar-refractivity contribution in [3.63, 3.8) is 0 Å². The van der Waals surface area contributed by atoms with E-state index < -0.39 is 30.3 Å². The van der Waals surface area contributed by atoms with Crippen molar-refractivity contribution in [2.75, 3.05) is 42.3 Å². The van der Waals surface area contributed by atoms with Gasteiger partial charge in [-0.05, 0) is 0 Å². The Labute approximate surface area is 269 Å². The fraction of sp³-hybridized carbons (Fsp3) is 0.300. The molecule has 0 aromatic rings. The Bertz CT molecular complexity index is 1190. The Kier molecular flexibility index (Phi) is 47.0. The van der Waals surface area contributed by atoms with Crippen molar-refractivity contribution < 1.29 is 71.9 Å². The van der Waals surface area contributed by atoms with Gasteiger partial charge in [0.15, 0.2) is 6.79 Å². The smallest absolute Gasteiger partial charge is 0.452 e. The van der Waals surface area contributed by atoms with Gasteiger partial charge in [-0.2, -0.15) is 15.8 Å². The molecule has 0 aromatic carbocycles. The lowest BCUT2D eigenvalue weighted by Crippen LogP contribution is -2.74. The predicted octanol–water partition coefficient (Wildman–Crippen LogP) is -3.55. The van der Waals surface area contributed by atoms with Crippen LogP contribution in [0, 0.1) is 46.1 Å². The molecule has 0 saturated carbocycles. The molecule has 0 radical (unpaired) electrons. The lowest BCUT2D eigenvalue weighted by Gasteiger charge is -2.12. The van der Waals surface area contributed by atoms with Gasteiger partial charge in [0.1, 0.15) is 0 Å². The standard InChI is InChI=1S/C5H8N4O3.C5H7N3O4.C3H6N2O.C3H5NO2.2C2N2O2/c1-7-4(10)9(2)5(11)8-12-3-6;1-8(5(10)11-2)4(9)7-12-3-6;1-4-3(6)5-2;1-4-3(5)6-2;2*3-1-6-4-2-5/h1-2H3,(H,7,10)(H,8,11);1-2H3,(H,7,9);1H2,2H3,(H,5,6);2H2,1H3;;/p+2. The van der Waals surface area contributed by atoms with Crippen molar-refractivity contribution in [2.45, 2.75) is 0 Å². The molecule has 260 valence electrons. The molecule has 0 aliphatic heterocycles. The van der Waals surface area contributed by atoms with E-state index >= 15 is 0 Å². The van der Waals surface area contributed by atoms with Crippen LogP contribution in [0.2, 0.25) is 0 Å². The van der Waals surface area contributed by atoms with Gasteiger partial charge in [-0.1, -0.05) is 0 Å². The number of methoxy groups -OCH3 is 1. The van der Waals surface area contributed by atoms with Crippen LogP contribution in [0.5, 0.6) is 0 Å². The van der Waals surface area contributed by atoms with Crippen molar-refractivity contribution in [1.82, 2.24) is 36.7 Å². The second-order valence-corrected chi connectivity index (χ2v) is 5.51. The molecular formula is C20H28N14O14+2. The summed E-state index contributed by atoms with van der Waals surface area (Å²) in [6.07, 6.45) is 5.33. The first-order valence-electron chi connectivity index (χ1n) is 10.8. The van der Waals surface area contributed by atoms with Crippen LogP contribution in [0.3, 0.4) is 0 Å². The van der Waals surface area contributed by atoms with Crippen LogP contribution in [0.25, 0.3) is 0 Å². The van der Waals surface area contributed by atoms with Gasteiger partial charge in [0, 0.05) is 38.5 Å². The number of carbonyl (C=O) groups excluding carboxylic acids is 9. The molecule has 10 amide bonds. The number of hydrogen-bond donors (Lipinski definition) is 6. The van der Waals surface area contributed by atoms with E-state index in [4.69, 9.17) is 30.6 Å². The summed E-state index contributed by atoms with van der Waals surface area (Å²) in [6, 6.07) is -2.58. The van der Waals surface area contributed by atoms with Gasteiger partial charge in [-0.15, -0.1) is 21.0 Å². The third kappa shape index (κ3) is 44.7. The van der Waals surface area contributed by atoms with E-state index in [9.17, 15) is 28.8 Å². The van der Waals surface area contributed by atoms with Crippen molar-refractivity contribution in [3.05, 3.63) is 0 Å². The molecule has 6 N–H and O–H groups in total. The fourth-order valence-electron chi connectivity index (χ4n) is 0.988. The maximum atomic E-state index is 10.8. The van der Waals surface area contributed by atoms with Gasteiger partial charge >= 0.3 is 61.3 Å². The van der Waals surface area contributed by atoms with Crippen LogP contribution >= 0.6 is 0 Å². The number of urea groups is 4. The normalized spacial score (nSPS) is 6.71. The molecule has 48 heavy (non-hydrogen) atoms. The summed E-state index contributed by atoms with van der Waals surface area (Å²) >= 11 is 0. The van der Waals surface area contributed by atoms with Crippen molar-refractivity contribution in [2.24, 2.45) is 10.3 Å². The maximum absolute atomic E-state index is 10.8. The Hall–Kier alpha value is -8.32. The molecule has 0 rings (SSSR count). The number of hydrogen-bond acceptors (Lipinski definition) is 19. The number of rotatable bonds is 4. The fourth-order valence-corrected chi connectivity index (χ4v) is 0.988. The third-order valence-electron chi connectivity index (χ3n) is 2.91. The van der Waals surface area contributed by atoms with Crippen LogP contribution in [-0.2, 0) is 38.1 Å². The molecule has 0 aliphatic rings. The SMILES string of the molecule is C=[NH+]C(=O)NC.C=[O+]C(=O)NC.CNC(=O)N(C)C(=O)NOC#N.COC(=O)N(C)C(=O)NOC#N.N#CON=C=O.N#CON=C=O. The zero-order chi connectivity index (χ0) is 38.8. The van der Waals surface area contributed by atoms with Crippen molar-refractivity contribution >= 4 is 62.0 Å². The second kappa shape index (κ2) is 43.1. The second-order valence-electron chi connectivity index (χ2n) is 5.51. The molecule has 28 heteroatoms. The lowest BCUT2D eigenvalue weighted by atomic mass is 10.7. The van der Waals surface area contributed by atoms with E-state index in [1.807, 2.05) is 0 Å². The van der Waals surface area contributed by atoms with E-state index in [-0.39, 0.29) is 6.03 Å². The van der Waals surface area contributed by atoms with Crippen molar-refractivity contribution in [3.8, 4) is 25.0 Å². The summed E-state index contributed by atoms with van der Waals surface area (Å²) in [7, 11) is 7.89. The summed E-state index contributed by atoms with van der Waals surface area (Å²) in [5.74, 6) is 0. The summed E-state index contributed by atoms with van der Waals surface area (Å²) in [5, 5.41) is 42.2. The predicted molar refractivity (Wildman–Crippen MR) is 147 cm³/mol. The summed E-state index contributed by atoms with van der Waals surface area (Å²) in [4.78, 5) is 98.7. The first kappa shape index (κ1) is 52.3. The molecule has 0 fully saturated rings. The largest absolute Gasteiger partial charge is 0.690 e. The Balaban J connectivity index is -0.000000114. The minimum absolute atomic E-state index is 0.269. The minimum atomic E-state index is -0.886. The molecule has 28 nitrogen and oxygen atoms in total. The summed E-state index contributed by atoms with van der Waals surface area (Å²) in [6.45, 7) is 5.94. The molecule has 0 unspecified atom stereocenters. The summed E-state index contributed by atoms with van der Waals surface area (Å²) in [5.41, 5.74) is 3.38. The number of nitrogens with one attached hydrogen (secondary N) is 6. The number of isocyanates is 2. The molecule has 0 saturated heterocycles. The molecule has 0 aromatic heterocycles. The lowest BCUT2D eigenvalue weighted by molar-refractivity contribution is -0.333. The number of nitriles is 4. The van der Waals surface area contributed by atoms with Crippen molar-refractivity contribution in [1.29, 1.82) is 21.0 Å². The maximum Gasteiger partial charge on any atom is 0.690 e. The average Bonchev–Trinajstić information content (AvgIpc) is 3.13. The molecule has 0 bridgehead atoms. The summed E-state index contributed by atoms with van der Waals surface area (Å²) < 4.78 is 8.10. The zero-order valence-electron chi connectivity index (χ0n) is 25.7. The number of ether oxygens (including phenoxy) is 1. The Morgan fingerprint density at radius 2 is 1.15 bits per heavy atom. The van der Waals surface area contributed by atoms with E-state index in [0.717, 1.165) is 36.7 Å². The first-order chi connectivity index (χ1) is 22.7. The Morgan fingerprint density at radius 3 is 1.33 bits per heavy atom. The highest BCUT2D eigenvalue weighted by atomic mass is 16.7. The minimum Gasteiger partial charge on any atom is -0.452 e. The van der Waals surface area contributed by atoms with Crippen LogP contribution in [0.15, 0.2) is 10.3 Å². The highest BCUT2D eigenvalue weighted by molar-refractivity contribution is 5.92. The topological polar surface area (TPSA) is 394 Å². The average molecular weight is 689 g/mol. The number of hydroxylamine groups is 2. The monoisotopic (exact) mass is 688 g/mol. The van der Waals surface area contributed by atoms with Gasteiger partial charge in [0.2, 0.25) is 0 Å². The molecular weight excluding hydrogens is 660 g/mol. The van der Waals surface area contributed by atoms with E-state index in [2.05, 4.69) is 73.3 Å². The van der Waals surface area contributed by atoms with Gasteiger partial charge < -0.3 is 10.1 Å². The van der Waals surface area contributed by atoms with Crippen LogP contribution in [-0.4, -0.2) is 114 Å². The molecule has 0 aliphatic carbocycles. The Morgan fingerprint density at radius 1 is 0.729 bits per heavy atom. The van der Waals surface area contributed by atoms with Gasteiger partial charge in [-0.25, -0.2) is 48.9 Å². The third-order valence-corrected chi connectivity index (χ3v) is 2.91. The van der Waals surface area contributed by atoms with Gasteiger partial charge in [0.25, 0.3) is 12.2 Å². The van der Waals surface area contributed by atoms with E-state index in [1.165, 1.54) is 47.7 Å². The van der Waals surface area contributed by atoms with Crippen LogP contribution < -0.4 is 31.9 Å². The number of amides is 10. The van der Waals surface area contributed by atoms with Gasteiger partial charge in [0.05, 0.1) is 25.7 Å². The molecule has 0 atom stereocenters. The number of carbonyl (C=O) groups is 6. The van der Waals surface area contributed by atoms with Crippen LogP contribution in [0.4, 0.5) is 28.8 Å². The van der Waals surface area contributed by atoms with Crippen LogP contribution in [0.1, 0.15) is 0 Å². The van der Waals surface area contributed by atoms with Gasteiger partial charge in [-0.3, -0.25) is 29.1 Å². The van der Waals surface area contributed by atoms with E-state index in [1.54, 1.807) is 11.0 Å². The first-order valence-corrected chi connectivity index (χ1v) is 10.8. The number of nitrogens with zero attached hydrogens (tertiary/aromatic N) is 8. The molecule has 0 heterocycles. The number of imide groups is 2. The highest BCUT2D eigenvalue weighted by Gasteiger charge is 2.17. The highest BCUT2D eigenvalue weighted by Crippen LogP contribution is 1.88. The van der Waals surface area contributed by atoms with E-state index in [0.29, 0.717) is 4.90 Å². The quantitative estimate of drug-likeness (QED) is 0.0547. The zero-order valence-corrected chi connectivity index (χ0v) is 25.7.